The Balaban J connectivity index is 2.05. The fourth-order valence-corrected chi connectivity index (χ4v) is 2.88. The minimum absolute atomic E-state index is 0.169. The fraction of sp³-hybridized carbons (Fsp3) is 0.0667. The largest absolute Gasteiger partial charge is 0.399 e. The first-order valence-electron chi connectivity index (χ1n) is 6.16. The summed E-state index contributed by atoms with van der Waals surface area (Å²) in [6.45, 7) is 2.03. The summed E-state index contributed by atoms with van der Waals surface area (Å²) in [5, 5.41) is 1.09. The molecule has 4 nitrogen and oxygen atoms in total. The zero-order valence-electron chi connectivity index (χ0n) is 10.9. The van der Waals surface area contributed by atoms with Crippen LogP contribution in [0.15, 0.2) is 57.3 Å². The van der Waals surface area contributed by atoms with Gasteiger partial charge in [0.1, 0.15) is 0 Å². The highest BCUT2D eigenvalue weighted by molar-refractivity contribution is 7.99. The minimum Gasteiger partial charge on any atom is -0.399 e. The molecule has 0 spiro atoms. The van der Waals surface area contributed by atoms with E-state index < -0.39 is 0 Å². The van der Waals surface area contributed by atoms with E-state index in [9.17, 15) is 4.79 Å². The first-order valence-corrected chi connectivity index (χ1v) is 6.97. The normalized spacial score (nSPS) is 10.8. The molecule has 0 radical (unpaired) electrons. The van der Waals surface area contributed by atoms with E-state index in [2.05, 4.69) is 16.0 Å². The Hall–Kier alpha value is -2.27. The summed E-state index contributed by atoms with van der Waals surface area (Å²) in [7, 11) is 0. The van der Waals surface area contributed by atoms with Gasteiger partial charge in [0.15, 0.2) is 5.16 Å². The van der Waals surface area contributed by atoms with Crippen molar-refractivity contribution < 1.29 is 0 Å². The van der Waals surface area contributed by atoms with Crippen LogP contribution in [0.3, 0.4) is 0 Å². The van der Waals surface area contributed by atoms with Gasteiger partial charge in [-0.15, -0.1) is 0 Å². The molecule has 0 aliphatic rings. The number of nitrogen functional groups attached to an aromatic ring is 1. The van der Waals surface area contributed by atoms with Gasteiger partial charge in [-0.2, -0.15) is 0 Å². The molecule has 2 aromatic carbocycles. The van der Waals surface area contributed by atoms with Crippen LogP contribution in [-0.4, -0.2) is 9.97 Å². The Bertz CT molecular complexity index is 842. The molecule has 0 saturated heterocycles. The van der Waals surface area contributed by atoms with Crippen LogP contribution in [0.1, 0.15) is 5.56 Å². The van der Waals surface area contributed by atoms with Crippen LogP contribution >= 0.6 is 11.8 Å². The maximum Gasteiger partial charge on any atom is 0.259 e. The molecule has 1 heterocycles. The van der Waals surface area contributed by atoms with Gasteiger partial charge in [0, 0.05) is 10.6 Å². The Morgan fingerprint density at radius 2 is 2.05 bits per heavy atom. The number of fused-ring (bicyclic) bond motifs is 1. The van der Waals surface area contributed by atoms with Gasteiger partial charge < -0.3 is 10.7 Å². The summed E-state index contributed by atoms with van der Waals surface area (Å²) < 4.78 is 0. The molecule has 3 N–H and O–H groups in total. The number of aromatic nitrogens is 2. The Labute approximate surface area is 120 Å². The van der Waals surface area contributed by atoms with Crippen molar-refractivity contribution in [2.75, 3.05) is 5.73 Å². The number of benzene rings is 2. The van der Waals surface area contributed by atoms with Gasteiger partial charge in [0.25, 0.3) is 5.56 Å². The third-order valence-corrected chi connectivity index (χ3v) is 3.79. The van der Waals surface area contributed by atoms with Crippen LogP contribution in [0.2, 0.25) is 0 Å². The highest BCUT2D eigenvalue weighted by atomic mass is 32.2. The predicted molar refractivity (Wildman–Crippen MR) is 82.1 cm³/mol. The van der Waals surface area contributed by atoms with Crippen molar-refractivity contribution in [3.05, 3.63) is 58.4 Å². The summed E-state index contributed by atoms with van der Waals surface area (Å²) in [5.74, 6) is 0. The van der Waals surface area contributed by atoms with Crippen molar-refractivity contribution in [3.63, 3.8) is 0 Å². The molecule has 0 atom stereocenters. The van der Waals surface area contributed by atoms with E-state index in [0.717, 1.165) is 4.90 Å². The quantitative estimate of drug-likeness (QED) is 0.560. The lowest BCUT2D eigenvalue weighted by Crippen LogP contribution is -2.09. The molecule has 0 bridgehead atoms. The summed E-state index contributed by atoms with van der Waals surface area (Å²) in [5.41, 5.74) is 7.90. The number of nitrogens with zero attached hydrogens (tertiary/aromatic N) is 1. The molecule has 0 fully saturated rings. The highest BCUT2D eigenvalue weighted by Gasteiger charge is 2.06. The highest BCUT2D eigenvalue weighted by Crippen LogP contribution is 2.25. The third kappa shape index (κ3) is 2.53. The first-order chi connectivity index (χ1) is 9.61. The number of anilines is 1. The van der Waals surface area contributed by atoms with Crippen molar-refractivity contribution in [1.29, 1.82) is 0 Å². The number of rotatable bonds is 2. The number of hydrogen-bond donors (Lipinski definition) is 2. The van der Waals surface area contributed by atoms with Crippen molar-refractivity contribution >= 4 is 28.4 Å². The molecule has 0 saturated carbocycles. The fourth-order valence-electron chi connectivity index (χ4n) is 1.97. The molecule has 3 aromatic rings. The van der Waals surface area contributed by atoms with Crippen molar-refractivity contribution in [2.24, 2.45) is 0 Å². The minimum atomic E-state index is -0.169. The Morgan fingerprint density at radius 3 is 2.85 bits per heavy atom. The second-order valence-corrected chi connectivity index (χ2v) is 5.63. The lowest BCUT2D eigenvalue weighted by molar-refractivity contribution is 0.974. The number of aryl methyl sites for hydroxylation is 1. The summed E-state index contributed by atoms with van der Waals surface area (Å²) in [6.07, 6.45) is 0. The zero-order chi connectivity index (χ0) is 14.1. The number of nitrogens with two attached hydrogens (primary N) is 1. The molecule has 5 heteroatoms. The van der Waals surface area contributed by atoms with Gasteiger partial charge in [-0.25, -0.2) is 4.98 Å². The van der Waals surface area contributed by atoms with Crippen LogP contribution in [0.4, 0.5) is 5.69 Å². The van der Waals surface area contributed by atoms with Crippen LogP contribution in [0.5, 0.6) is 0 Å². The molecule has 0 aliphatic carbocycles. The zero-order valence-corrected chi connectivity index (χ0v) is 11.7. The van der Waals surface area contributed by atoms with E-state index in [1.165, 1.54) is 17.3 Å². The SMILES string of the molecule is Cc1cccc(Sc2nc3ccc(N)cc3c(=O)[nH]2)c1. The maximum absolute atomic E-state index is 12.0. The van der Waals surface area contributed by atoms with Crippen molar-refractivity contribution in [2.45, 2.75) is 17.0 Å². The van der Waals surface area contributed by atoms with E-state index in [0.29, 0.717) is 21.7 Å². The summed E-state index contributed by atoms with van der Waals surface area (Å²) in [6, 6.07) is 13.2. The molecule has 20 heavy (non-hydrogen) atoms. The van der Waals surface area contributed by atoms with Gasteiger partial charge >= 0.3 is 0 Å². The topological polar surface area (TPSA) is 71.8 Å². The van der Waals surface area contributed by atoms with Crippen LogP contribution in [0.25, 0.3) is 10.9 Å². The van der Waals surface area contributed by atoms with Crippen LogP contribution in [0, 0.1) is 6.92 Å². The second-order valence-electron chi connectivity index (χ2n) is 4.57. The standard InChI is InChI=1S/C15H13N3OS/c1-9-3-2-4-11(7-9)20-15-17-13-6-5-10(16)8-12(13)14(19)18-15/h2-8H,16H2,1H3,(H,17,18,19). The van der Waals surface area contributed by atoms with Crippen molar-refractivity contribution in [3.8, 4) is 0 Å². The lowest BCUT2D eigenvalue weighted by Gasteiger charge is -2.04. The monoisotopic (exact) mass is 283 g/mol. The first kappa shape index (κ1) is 12.7. The third-order valence-electron chi connectivity index (χ3n) is 2.91. The molecule has 0 unspecified atom stereocenters. The average Bonchev–Trinajstić information content (AvgIpc) is 2.40. The molecular weight excluding hydrogens is 270 g/mol. The van der Waals surface area contributed by atoms with Gasteiger partial charge in [-0.1, -0.05) is 29.5 Å². The van der Waals surface area contributed by atoms with E-state index in [1.54, 1.807) is 18.2 Å². The van der Waals surface area contributed by atoms with Gasteiger partial charge in [-0.05, 0) is 37.3 Å². The van der Waals surface area contributed by atoms with E-state index in [4.69, 9.17) is 5.73 Å². The van der Waals surface area contributed by atoms with Gasteiger partial charge in [0.2, 0.25) is 0 Å². The number of H-pyrrole nitrogens is 1. The molecule has 1 aromatic heterocycles. The summed E-state index contributed by atoms with van der Waals surface area (Å²) in [4.78, 5) is 20.3. The van der Waals surface area contributed by atoms with Crippen molar-refractivity contribution in [1.82, 2.24) is 9.97 Å². The Morgan fingerprint density at radius 1 is 1.20 bits per heavy atom. The van der Waals surface area contributed by atoms with Gasteiger partial charge in [-0.3, -0.25) is 4.79 Å². The second kappa shape index (κ2) is 5.02. The van der Waals surface area contributed by atoms with Crippen LogP contribution < -0.4 is 11.3 Å². The van der Waals surface area contributed by atoms with E-state index in [-0.39, 0.29) is 5.56 Å². The Kier molecular flexibility index (Phi) is 3.20. The molecule has 100 valence electrons. The number of aromatic amines is 1. The summed E-state index contributed by atoms with van der Waals surface area (Å²) >= 11 is 1.44. The maximum atomic E-state index is 12.0. The number of nitrogens with one attached hydrogen (secondary N) is 1. The van der Waals surface area contributed by atoms with E-state index in [1.807, 2.05) is 25.1 Å². The molecular formula is C15H13N3OS. The van der Waals surface area contributed by atoms with Crippen LogP contribution in [-0.2, 0) is 0 Å². The van der Waals surface area contributed by atoms with E-state index >= 15 is 0 Å². The predicted octanol–water partition coefficient (Wildman–Crippen LogP) is 2.96. The molecule has 3 rings (SSSR count). The molecule has 0 amide bonds. The van der Waals surface area contributed by atoms with Gasteiger partial charge in [0.05, 0.1) is 10.9 Å². The molecule has 0 aliphatic heterocycles. The average molecular weight is 283 g/mol. The smallest absolute Gasteiger partial charge is 0.259 e. The number of hydrogen-bond acceptors (Lipinski definition) is 4. The lowest BCUT2D eigenvalue weighted by atomic mass is 10.2.